The number of hydrogen-bond donors (Lipinski definition) is 2. The molecular formula is C20H27N3O6. The molecule has 0 saturated carbocycles. The summed E-state index contributed by atoms with van der Waals surface area (Å²) in [6, 6.07) is 7.04. The number of rotatable bonds is 7. The molecule has 2 unspecified atom stereocenters. The molecule has 1 aromatic carbocycles. The molecule has 0 spiro atoms. The Morgan fingerprint density at radius 3 is 2.41 bits per heavy atom. The second-order valence-electron chi connectivity index (χ2n) is 7.64. The molecule has 29 heavy (non-hydrogen) atoms. The van der Waals surface area contributed by atoms with E-state index in [2.05, 4.69) is 5.32 Å². The predicted molar refractivity (Wildman–Crippen MR) is 103 cm³/mol. The molecule has 158 valence electrons. The van der Waals surface area contributed by atoms with Gasteiger partial charge in [0, 0.05) is 50.5 Å². The van der Waals surface area contributed by atoms with E-state index in [9.17, 15) is 19.5 Å². The Morgan fingerprint density at radius 1 is 1.17 bits per heavy atom. The first-order valence-electron chi connectivity index (χ1n) is 9.54. The van der Waals surface area contributed by atoms with Crippen molar-refractivity contribution in [2.45, 2.75) is 6.92 Å². The fourth-order valence-electron chi connectivity index (χ4n) is 4.02. The number of nitrogens with zero attached hydrogens (tertiary/aromatic N) is 2. The molecule has 3 rings (SSSR count). The molecule has 2 aliphatic rings. The molecule has 9 nitrogen and oxygen atoms in total. The molecule has 0 radical (unpaired) electrons. The van der Waals surface area contributed by atoms with Crippen LogP contribution in [0.2, 0.25) is 0 Å². The summed E-state index contributed by atoms with van der Waals surface area (Å²) in [5.74, 6) is 0.586. The van der Waals surface area contributed by atoms with Crippen LogP contribution in [0.5, 0.6) is 11.5 Å². The Labute approximate surface area is 169 Å². The van der Waals surface area contributed by atoms with Crippen LogP contribution < -0.4 is 14.8 Å². The van der Waals surface area contributed by atoms with E-state index in [0.29, 0.717) is 37.7 Å². The highest BCUT2D eigenvalue weighted by Gasteiger charge is 2.54. The molecular weight excluding hydrogens is 378 g/mol. The number of amides is 3. The monoisotopic (exact) mass is 405 g/mol. The van der Waals surface area contributed by atoms with E-state index in [1.165, 1.54) is 6.92 Å². The Morgan fingerprint density at radius 2 is 1.83 bits per heavy atom. The molecule has 2 fully saturated rings. The first-order chi connectivity index (χ1) is 13.9. The van der Waals surface area contributed by atoms with Gasteiger partial charge in [0.1, 0.15) is 11.5 Å². The number of ether oxygens (including phenoxy) is 2. The third-order valence-corrected chi connectivity index (χ3v) is 5.67. The summed E-state index contributed by atoms with van der Waals surface area (Å²) in [4.78, 5) is 39.3. The lowest BCUT2D eigenvalue weighted by Crippen LogP contribution is -2.44. The van der Waals surface area contributed by atoms with Crippen LogP contribution in [0, 0.1) is 11.3 Å². The Balaban J connectivity index is 1.55. The highest BCUT2D eigenvalue weighted by molar-refractivity contribution is 5.84. The second kappa shape index (κ2) is 8.69. The predicted octanol–water partition coefficient (Wildman–Crippen LogP) is -0.511. The van der Waals surface area contributed by atoms with E-state index in [1.54, 1.807) is 41.2 Å². The minimum Gasteiger partial charge on any atom is -0.497 e. The van der Waals surface area contributed by atoms with Crippen molar-refractivity contribution in [1.29, 1.82) is 0 Å². The maximum Gasteiger partial charge on any atom is 0.260 e. The summed E-state index contributed by atoms with van der Waals surface area (Å²) >= 11 is 0. The fraction of sp³-hybridized carbons (Fsp3) is 0.550. The van der Waals surface area contributed by atoms with Crippen LogP contribution in [-0.4, -0.2) is 85.7 Å². The number of aliphatic hydroxyl groups excluding tert-OH is 1. The summed E-state index contributed by atoms with van der Waals surface area (Å²) in [6.45, 7) is 2.75. The maximum atomic E-state index is 12.6. The number of carbonyl (C=O) groups is 3. The van der Waals surface area contributed by atoms with Gasteiger partial charge in [-0.3, -0.25) is 14.4 Å². The quantitative estimate of drug-likeness (QED) is 0.633. The molecule has 2 N–H and O–H groups in total. The minimum atomic E-state index is -0.530. The lowest BCUT2D eigenvalue weighted by molar-refractivity contribution is -0.134. The molecule has 1 aromatic rings. The number of likely N-dealkylation sites (tertiary alicyclic amines) is 2. The normalized spacial score (nSPS) is 22.9. The average molecular weight is 405 g/mol. The largest absolute Gasteiger partial charge is 0.497 e. The standard InChI is InChI=1S/C20H27N3O6/c1-14(25)21-7-18(26)22-8-15-9-23(12-20(15,11-22)13-24)19(27)10-29-17-5-3-4-16(6-17)28-2/h3-6,15,24H,7-13H2,1-2H3,(H,21,25). The Hall–Kier alpha value is -2.81. The first kappa shape index (κ1) is 20.9. The second-order valence-corrected chi connectivity index (χ2v) is 7.64. The van der Waals surface area contributed by atoms with E-state index in [-0.39, 0.29) is 43.4 Å². The number of benzene rings is 1. The summed E-state index contributed by atoms with van der Waals surface area (Å²) in [5, 5.41) is 12.5. The van der Waals surface area contributed by atoms with Crippen LogP contribution in [0.4, 0.5) is 0 Å². The van der Waals surface area contributed by atoms with E-state index in [0.717, 1.165) is 0 Å². The maximum absolute atomic E-state index is 12.6. The molecule has 2 aliphatic heterocycles. The van der Waals surface area contributed by atoms with Gasteiger partial charge in [-0.15, -0.1) is 0 Å². The molecule has 3 amide bonds. The summed E-state index contributed by atoms with van der Waals surface area (Å²) in [6.07, 6.45) is 0. The van der Waals surface area contributed by atoms with Gasteiger partial charge in [0.05, 0.1) is 20.3 Å². The van der Waals surface area contributed by atoms with Crippen molar-refractivity contribution in [1.82, 2.24) is 15.1 Å². The SMILES string of the molecule is COc1cccc(OCC(=O)N2CC3CN(C(=O)CNC(C)=O)CC3(CO)C2)c1. The lowest BCUT2D eigenvalue weighted by atomic mass is 9.82. The van der Waals surface area contributed by atoms with Crippen LogP contribution in [0.25, 0.3) is 0 Å². The summed E-state index contributed by atoms with van der Waals surface area (Å²) < 4.78 is 10.7. The van der Waals surface area contributed by atoms with Gasteiger partial charge in [-0.2, -0.15) is 0 Å². The highest BCUT2D eigenvalue weighted by atomic mass is 16.5. The molecule has 9 heteroatoms. The van der Waals surface area contributed by atoms with Gasteiger partial charge in [0.25, 0.3) is 5.91 Å². The molecule has 0 aliphatic carbocycles. The van der Waals surface area contributed by atoms with Gasteiger partial charge in [-0.05, 0) is 12.1 Å². The van der Waals surface area contributed by atoms with Gasteiger partial charge in [0.15, 0.2) is 6.61 Å². The summed E-state index contributed by atoms with van der Waals surface area (Å²) in [5.41, 5.74) is -0.530. The number of carbonyl (C=O) groups excluding carboxylic acids is 3. The van der Waals surface area contributed by atoms with Crippen molar-refractivity contribution in [3.8, 4) is 11.5 Å². The summed E-state index contributed by atoms with van der Waals surface area (Å²) in [7, 11) is 1.56. The average Bonchev–Trinajstić information content (AvgIpc) is 3.25. The molecule has 2 atom stereocenters. The molecule has 2 saturated heterocycles. The van der Waals surface area contributed by atoms with E-state index < -0.39 is 5.41 Å². The van der Waals surface area contributed by atoms with Gasteiger partial charge < -0.3 is 29.7 Å². The first-order valence-corrected chi connectivity index (χ1v) is 9.54. The van der Waals surface area contributed by atoms with Crippen molar-refractivity contribution in [3.05, 3.63) is 24.3 Å². The van der Waals surface area contributed by atoms with Crippen molar-refractivity contribution in [3.63, 3.8) is 0 Å². The number of fused-ring (bicyclic) bond motifs is 1. The van der Waals surface area contributed by atoms with Crippen LogP contribution in [0.1, 0.15) is 6.92 Å². The third kappa shape index (κ3) is 4.61. The van der Waals surface area contributed by atoms with E-state index in [4.69, 9.17) is 9.47 Å². The van der Waals surface area contributed by atoms with Gasteiger partial charge in [0.2, 0.25) is 11.8 Å². The molecule has 2 heterocycles. The number of methoxy groups -OCH3 is 1. The Bertz CT molecular complexity index is 785. The topological polar surface area (TPSA) is 108 Å². The van der Waals surface area contributed by atoms with Crippen molar-refractivity contribution in [2.24, 2.45) is 11.3 Å². The molecule has 0 aromatic heterocycles. The van der Waals surface area contributed by atoms with E-state index >= 15 is 0 Å². The zero-order valence-electron chi connectivity index (χ0n) is 16.7. The van der Waals surface area contributed by atoms with Crippen LogP contribution >= 0.6 is 0 Å². The van der Waals surface area contributed by atoms with E-state index in [1.807, 2.05) is 0 Å². The zero-order valence-corrected chi connectivity index (χ0v) is 16.7. The van der Waals surface area contributed by atoms with Crippen molar-refractivity contribution >= 4 is 17.7 Å². The van der Waals surface area contributed by atoms with Crippen LogP contribution in [0.15, 0.2) is 24.3 Å². The van der Waals surface area contributed by atoms with Crippen molar-refractivity contribution < 1.29 is 29.0 Å². The lowest BCUT2D eigenvalue weighted by Gasteiger charge is -2.27. The van der Waals surface area contributed by atoms with Gasteiger partial charge in [-0.25, -0.2) is 0 Å². The fourth-order valence-corrected chi connectivity index (χ4v) is 4.02. The zero-order chi connectivity index (χ0) is 21.0. The molecule has 0 bridgehead atoms. The number of nitrogens with one attached hydrogen (secondary N) is 1. The smallest absolute Gasteiger partial charge is 0.260 e. The number of aliphatic hydroxyl groups is 1. The number of hydrogen-bond acceptors (Lipinski definition) is 6. The third-order valence-electron chi connectivity index (χ3n) is 5.67. The Kier molecular flexibility index (Phi) is 6.26. The van der Waals surface area contributed by atoms with Gasteiger partial charge >= 0.3 is 0 Å². The van der Waals surface area contributed by atoms with Crippen LogP contribution in [-0.2, 0) is 14.4 Å². The minimum absolute atomic E-state index is 0.00505. The van der Waals surface area contributed by atoms with Crippen LogP contribution in [0.3, 0.4) is 0 Å². The highest BCUT2D eigenvalue weighted by Crippen LogP contribution is 2.42. The van der Waals surface area contributed by atoms with Gasteiger partial charge in [-0.1, -0.05) is 6.07 Å². The van der Waals surface area contributed by atoms with Crippen molar-refractivity contribution in [2.75, 3.05) is 53.0 Å².